The monoisotopic (exact) mass is 399 g/mol. The molecule has 0 radical (unpaired) electrons. The third-order valence-corrected chi connectivity index (χ3v) is 5.08. The van der Waals surface area contributed by atoms with E-state index in [1.165, 1.54) is 23.6 Å². The van der Waals surface area contributed by atoms with Crippen molar-refractivity contribution in [2.45, 2.75) is 25.0 Å². The summed E-state index contributed by atoms with van der Waals surface area (Å²) in [5.74, 6) is 0.583. The number of aryl methyl sites for hydroxylation is 1. The summed E-state index contributed by atoms with van der Waals surface area (Å²) in [5.41, 5.74) is 1.99. The van der Waals surface area contributed by atoms with E-state index in [1.54, 1.807) is 23.7 Å². The minimum atomic E-state index is -0.323. The van der Waals surface area contributed by atoms with Gasteiger partial charge in [0.2, 0.25) is 5.91 Å². The second kappa shape index (κ2) is 9.23. The summed E-state index contributed by atoms with van der Waals surface area (Å²) in [5, 5.41) is 14.3. The Bertz CT molecular complexity index is 935. The van der Waals surface area contributed by atoms with Gasteiger partial charge < -0.3 is 19.6 Å². The Labute approximate surface area is 166 Å². The van der Waals surface area contributed by atoms with E-state index >= 15 is 0 Å². The van der Waals surface area contributed by atoms with Crippen molar-refractivity contribution in [3.8, 4) is 0 Å². The van der Waals surface area contributed by atoms with Gasteiger partial charge in [-0.2, -0.15) is 0 Å². The molecule has 3 aromatic rings. The van der Waals surface area contributed by atoms with Gasteiger partial charge in [-0.1, -0.05) is 30.8 Å². The zero-order valence-corrected chi connectivity index (χ0v) is 16.5. The van der Waals surface area contributed by atoms with Crippen LogP contribution in [0.25, 0.3) is 0 Å². The van der Waals surface area contributed by atoms with E-state index in [9.17, 15) is 9.59 Å². The molecule has 0 bridgehead atoms. The van der Waals surface area contributed by atoms with Crippen LogP contribution in [0, 0.1) is 0 Å². The number of amides is 2. The summed E-state index contributed by atoms with van der Waals surface area (Å²) in [6.07, 6.45) is 2.40. The number of carbonyl (C=O) groups excluding carboxylic acids is 2. The molecule has 28 heavy (non-hydrogen) atoms. The molecule has 0 fully saturated rings. The van der Waals surface area contributed by atoms with Crippen LogP contribution in [0.2, 0.25) is 0 Å². The molecule has 8 nitrogen and oxygen atoms in total. The maximum atomic E-state index is 12.1. The molecule has 9 heteroatoms. The fourth-order valence-corrected chi connectivity index (χ4v) is 3.16. The van der Waals surface area contributed by atoms with Crippen LogP contribution in [0.1, 0.15) is 28.9 Å². The molecule has 0 atom stereocenters. The third kappa shape index (κ3) is 5.01. The minimum Gasteiger partial charge on any atom is -0.459 e. The standard InChI is InChI=1S/C19H21N5O3S/c1-3-13-6-8-14(9-7-13)21-17(25)12-28-19-23-22-16(24(19)2)11-20-18(26)15-5-4-10-27-15/h4-10H,3,11-12H2,1-2H3,(H,20,26)(H,21,25). The highest BCUT2D eigenvalue weighted by Crippen LogP contribution is 2.17. The average Bonchev–Trinajstić information content (AvgIpc) is 3.36. The van der Waals surface area contributed by atoms with Gasteiger partial charge in [-0.05, 0) is 36.2 Å². The van der Waals surface area contributed by atoms with E-state index in [0.29, 0.717) is 11.0 Å². The van der Waals surface area contributed by atoms with Crippen LogP contribution >= 0.6 is 11.8 Å². The Kier molecular flexibility index (Phi) is 6.49. The average molecular weight is 399 g/mol. The van der Waals surface area contributed by atoms with E-state index in [2.05, 4.69) is 27.8 Å². The summed E-state index contributed by atoms with van der Waals surface area (Å²) in [4.78, 5) is 24.1. The molecular formula is C19H21N5O3S. The van der Waals surface area contributed by atoms with Crippen LogP contribution in [0.4, 0.5) is 5.69 Å². The lowest BCUT2D eigenvalue weighted by atomic mass is 10.1. The van der Waals surface area contributed by atoms with Crippen molar-refractivity contribution in [1.29, 1.82) is 0 Å². The van der Waals surface area contributed by atoms with Gasteiger partial charge in [-0.15, -0.1) is 10.2 Å². The van der Waals surface area contributed by atoms with E-state index in [1.807, 2.05) is 24.3 Å². The number of hydrogen-bond donors (Lipinski definition) is 2. The van der Waals surface area contributed by atoms with Gasteiger partial charge >= 0.3 is 0 Å². The van der Waals surface area contributed by atoms with Crippen LogP contribution in [0.5, 0.6) is 0 Å². The Hall–Kier alpha value is -3.07. The number of nitrogens with one attached hydrogen (secondary N) is 2. The largest absolute Gasteiger partial charge is 0.459 e. The third-order valence-electron chi connectivity index (χ3n) is 4.06. The quantitative estimate of drug-likeness (QED) is 0.565. The summed E-state index contributed by atoms with van der Waals surface area (Å²) in [6, 6.07) is 11.0. The van der Waals surface area contributed by atoms with Crippen molar-refractivity contribution in [2.75, 3.05) is 11.1 Å². The Balaban J connectivity index is 1.49. The molecule has 0 aliphatic rings. The first-order chi connectivity index (χ1) is 13.6. The number of furan rings is 1. The van der Waals surface area contributed by atoms with Crippen molar-refractivity contribution in [2.24, 2.45) is 7.05 Å². The number of aromatic nitrogens is 3. The van der Waals surface area contributed by atoms with Gasteiger partial charge in [-0.25, -0.2) is 0 Å². The molecule has 2 N–H and O–H groups in total. The first-order valence-electron chi connectivity index (χ1n) is 8.78. The van der Waals surface area contributed by atoms with E-state index < -0.39 is 0 Å². The number of rotatable bonds is 8. The number of nitrogens with zero attached hydrogens (tertiary/aromatic N) is 3. The maximum Gasteiger partial charge on any atom is 0.287 e. The van der Waals surface area contributed by atoms with E-state index in [-0.39, 0.29) is 29.9 Å². The lowest BCUT2D eigenvalue weighted by molar-refractivity contribution is -0.113. The van der Waals surface area contributed by atoms with Crippen molar-refractivity contribution in [3.05, 3.63) is 59.8 Å². The van der Waals surface area contributed by atoms with Gasteiger partial charge in [0.1, 0.15) is 0 Å². The molecule has 2 amide bonds. The fourth-order valence-electron chi connectivity index (χ4n) is 2.43. The van der Waals surface area contributed by atoms with Crippen molar-refractivity contribution >= 4 is 29.3 Å². The van der Waals surface area contributed by atoms with E-state index in [0.717, 1.165) is 12.1 Å². The van der Waals surface area contributed by atoms with Crippen LogP contribution in [-0.2, 0) is 24.8 Å². The highest BCUT2D eigenvalue weighted by molar-refractivity contribution is 7.99. The minimum absolute atomic E-state index is 0.120. The van der Waals surface area contributed by atoms with Gasteiger partial charge in [0.05, 0.1) is 18.6 Å². The predicted molar refractivity (Wildman–Crippen MR) is 106 cm³/mol. The van der Waals surface area contributed by atoms with Crippen LogP contribution in [0.3, 0.4) is 0 Å². The SMILES string of the molecule is CCc1ccc(NC(=O)CSc2nnc(CNC(=O)c3ccco3)n2C)cc1. The molecule has 0 saturated carbocycles. The number of anilines is 1. The molecule has 3 rings (SSSR count). The summed E-state index contributed by atoms with van der Waals surface area (Å²) >= 11 is 1.28. The van der Waals surface area contributed by atoms with Gasteiger partial charge in [0, 0.05) is 12.7 Å². The van der Waals surface area contributed by atoms with E-state index in [4.69, 9.17) is 4.42 Å². The van der Waals surface area contributed by atoms with Crippen molar-refractivity contribution in [1.82, 2.24) is 20.1 Å². The highest BCUT2D eigenvalue weighted by Gasteiger charge is 2.14. The highest BCUT2D eigenvalue weighted by atomic mass is 32.2. The second-order valence-electron chi connectivity index (χ2n) is 6.01. The molecule has 0 saturated heterocycles. The maximum absolute atomic E-state index is 12.1. The van der Waals surface area contributed by atoms with Crippen LogP contribution in [-0.4, -0.2) is 32.3 Å². The number of thioether (sulfide) groups is 1. The summed E-state index contributed by atoms with van der Waals surface area (Å²) in [6.45, 7) is 2.29. The van der Waals surface area contributed by atoms with Crippen LogP contribution < -0.4 is 10.6 Å². The predicted octanol–water partition coefficient (Wildman–Crippen LogP) is 2.63. The first kappa shape index (κ1) is 19.7. The van der Waals surface area contributed by atoms with Crippen LogP contribution in [0.15, 0.2) is 52.2 Å². The number of carbonyl (C=O) groups is 2. The summed E-state index contributed by atoms with van der Waals surface area (Å²) < 4.78 is 6.79. The molecule has 0 aliphatic carbocycles. The smallest absolute Gasteiger partial charge is 0.287 e. The molecule has 0 unspecified atom stereocenters. The van der Waals surface area contributed by atoms with Gasteiger partial charge in [-0.3, -0.25) is 9.59 Å². The first-order valence-corrected chi connectivity index (χ1v) is 9.77. The normalized spacial score (nSPS) is 10.6. The molecule has 0 spiro atoms. The lowest BCUT2D eigenvalue weighted by Gasteiger charge is -2.06. The molecule has 0 aliphatic heterocycles. The second-order valence-corrected chi connectivity index (χ2v) is 6.95. The zero-order chi connectivity index (χ0) is 19.9. The molecule has 2 heterocycles. The lowest BCUT2D eigenvalue weighted by Crippen LogP contribution is -2.24. The Morgan fingerprint density at radius 2 is 1.96 bits per heavy atom. The zero-order valence-electron chi connectivity index (χ0n) is 15.6. The molecule has 1 aromatic carbocycles. The number of hydrogen-bond acceptors (Lipinski definition) is 6. The molecular weight excluding hydrogens is 378 g/mol. The Morgan fingerprint density at radius 1 is 1.18 bits per heavy atom. The fraction of sp³-hybridized carbons (Fsp3) is 0.263. The topological polar surface area (TPSA) is 102 Å². The molecule has 2 aromatic heterocycles. The van der Waals surface area contributed by atoms with Crippen molar-refractivity contribution < 1.29 is 14.0 Å². The number of benzene rings is 1. The van der Waals surface area contributed by atoms with Crippen molar-refractivity contribution in [3.63, 3.8) is 0 Å². The van der Waals surface area contributed by atoms with Gasteiger partial charge in [0.25, 0.3) is 5.91 Å². The van der Waals surface area contributed by atoms with Gasteiger partial charge in [0.15, 0.2) is 16.7 Å². The molecule has 146 valence electrons. The Morgan fingerprint density at radius 3 is 2.64 bits per heavy atom. The summed E-state index contributed by atoms with van der Waals surface area (Å²) in [7, 11) is 1.79.